The van der Waals surface area contributed by atoms with E-state index in [-0.39, 0.29) is 16.5 Å². The highest BCUT2D eigenvalue weighted by Crippen LogP contribution is 2.32. The van der Waals surface area contributed by atoms with Gasteiger partial charge in [0.15, 0.2) is 5.13 Å². The van der Waals surface area contributed by atoms with E-state index in [1.54, 1.807) is 49.5 Å². The van der Waals surface area contributed by atoms with Crippen LogP contribution in [0.1, 0.15) is 5.56 Å². The molecule has 0 radical (unpaired) electrons. The largest absolute Gasteiger partial charge is 0.495 e. The second kappa shape index (κ2) is 12.7. The van der Waals surface area contributed by atoms with Crippen molar-refractivity contribution in [1.29, 1.82) is 0 Å². The van der Waals surface area contributed by atoms with Crippen LogP contribution in [0.2, 0.25) is 10.0 Å². The zero-order chi connectivity index (χ0) is 28.2. The molecule has 1 heterocycles. The van der Waals surface area contributed by atoms with Crippen molar-refractivity contribution in [2.24, 2.45) is 0 Å². The molecule has 39 heavy (non-hydrogen) atoms. The first-order valence-corrected chi connectivity index (χ1v) is 15.3. The molecule has 204 valence electrons. The van der Waals surface area contributed by atoms with E-state index < -0.39 is 22.5 Å². The molecule has 0 fully saturated rings. The van der Waals surface area contributed by atoms with Gasteiger partial charge in [0.05, 0.1) is 40.0 Å². The first kappa shape index (κ1) is 29.3. The van der Waals surface area contributed by atoms with Crippen molar-refractivity contribution < 1.29 is 17.9 Å². The Labute approximate surface area is 249 Å². The number of hydrogen-bond acceptors (Lipinski definition) is 7. The van der Waals surface area contributed by atoms with Gasteiger partial charge in [0.2, 0.25) is 15.9 Å². The van der Waals surface area contributed by atoms with Crippen molar-refractivity contribution in [1.82, 2.24) is 9.29 Å². The fourth-order valence-corrected chi connectivity index (χ4v) is 6.31. The van der Waals surface area contributed by atoms with Gasteiger partial charge < -0.3 is 15.4 Å². The maximum atomic E-state index is 13.6. The monoisotopic (exact) mass is 668 g/mol. The molecule has 0 aliphatic rings. The zero-order valence-electron chi connectivity index (χ0n) is 20.7. The Morgan fingerprint density at radius 1 is 1.08 bits per heavy atom. The number of nitrogens with one attached hydrogen (secondary N) is 2. The third-order valence-electron chi connectivity index (χ3n) is 5.60. The molecule has 0 bridgehead atoms. The Bertz CT molecular complexity index is 1600. The molecule has 0 aliphatic carbocycles. The molecule has 0 spiro atoms. The molecule has 0 saturated heterocycles. The van der Waals surface area contributed by atoms with Gasteiger partial charge in [-0.05, 0) is 60.2 Å². The normalized spacial score (nSPS) is 11.4. The van der Waals surface area contributed by atoms with Crippen LogP contribution in [0.4, 0.5) is 10.8 Å². The highest BCUT2D eigenvalue weighted by molar-refractivity contribution is 9.10. The van der Waals surface area contributed by atoms with Gasteiger partial charge in [-0.15, -0.1) is 11.3 Å². The van der Waals surface area contributed by atoms with E-state index in [1.165, 1.54) is 30.6 Å². The van der Waals surface area contributed by atoms with Crippen LogP contribution < -0.4 is 15.4 Å². The second-order valence-electron chi connectivity index (χ2n) is 8.23. The summed E-state index contributed by atoms with van der Waals surface area (Å²) in [5, 5.41) is 9.06. The van der Waals surface area contributed by atoms with Crippen molar-refractivity contribution in [3.63, 3.8) is 0 Å². The third kappa shape index (κ3) is 7.10. The van der Waals surface area contributed by atoms with E-state index in [0.717, 1.165) is 25.2 Å². The maximum absolute atomic E-state index is 13.6. The van der Waals surface area contributed by atoms with Gasteiger partial charge in [-0.3, -0.25) is 4.79 Å². The number of amides is 1. The number of methoxy groups -OCH3 is 1. The number of thiazole rings is 1. The van der Waals surface area contributed by atoms with Crippen LogP contribution in [0.3, 0.4) is 0 Å². The minimum Gasteiger partial charge on any atom is -0.495 e. The fourth-order valence-electron chi connectivity index (χ4n) is 3.66. The Balaban J connectivity index is 1.63. The first-order chi connectivity index (χ1) is 18.6. The number of hydrogen-bond donors (Lipinski definition) is 2. The topological polar surface area (TPSA) is 101 Å². The number of carbonyl (C=O) groups excluding carboxylic acids is 1. The third-order valence-corrected chi connectivity index (χ3v) is 9.54. The molecule has 1 amide bonds. The predicted octanol–water partition coefficient (Wildman–Crippen LogP) is 6.76. The zero-order valence-corrected chi connectivity index (χ0v) is 25.5. The fraction of sp³-hybridized carbons (Fsp3) is 0.154. The lowest BCUT2D eigenvalue weighted by Gasteiger charge is -2.22. The lowest BCUT2D eigenvalue weighted by molar-refractivity contribution is -0.116. The van der Waals surface area contributed by atoms with Crippen molar-refractivity contribution in [3.8, 4) is 17.0 Å². The van der Waals surface area contributed by atoms with E-state index in [2.05, 4.69) is 31.5 Å². The molecule has 13 heteroatoms. The van der Waals surface area contributed by atoms with Crippen LogP contribution in [0.25, 0.3) is 11.3 Å². The van der Waals surface area contributed by atoms with E-state index in [9.17, 15) is 13.2 Å². The SMILES string of the molecule is CNc1nc(-c2ccc(OC)c(NC(=O)CN(Cc3ccc(Cl)c(Cl)c3)S(=O)(=O)c3ccc(Br)cc3)c2)cs1. The van der Waals surface area contributed by atoms with Gasteiger partial charge in [-0.1, -0.05) is 45.2 Å². The molecule has 0 saturated carbocycles. The molecule has 2 N–H and O–H groups in total. The van der Waals surface area contributed by atoms with Crippen LogP contribution >= 0.6 is 50.5 Å². The Morgan fingerprint density at radius 3 is 2.46 bits per heavy atom. The molecule has 3 aromatic carbocycles. The van der Waals surface area contributed by atoms with E-state index in [1.807, 2.05) is 11.4 Å². The van der Waals surface area contributed by atoms with E-state index in [0.29, 0.717) is 22.0 Å². The number of sulfonamides is 1. The standard InChI is InChI=1S/C26H23BrCl2N4O4S2/c1-30-26-32-23(15-38-26)17-4-10-24(37-2)22(12-17)31-25(34)14-33(13-16-3-9-20(28)21(29)11-16)39(35,36)19-7-5-18(27)6-8-19/h3-12,15H,13-14H2,1-2H3,(H,30,32)(H,31,34). The Hall–Kier alpha value is -2.67. The highest BCUT2D eigenvalue weighted by Gasteiger charge is 2.27. The summed E-state index contributed by atoms with van der Waals surface area (Å²) in [4.78, 5) is 17.8. The summed E-state index contributed by atoms with van der Waals surface area (Å²) < 4.78 is 34.5. The van der Waals surface area contributed by atoms with Gasteiger partial charge in [0.1, 0.15) is 5.75 Å². The van der Waals surface area contributed by atoms with E-state index >= 15 is 0 Å². The summed E-state index contributed by atoms with van der Waals surface area (Å²) in [6.45, 7) is -0.571. The Morgan fingerprint density at radius 2 is 1.82 bits per heavy atom. The smallest absolute Gasteiger partial charge is 0.243 e. The molecule has 0 unspecified atom stereocenters. The van der Waals surface area contributed by atoms with Crippen molar-refractivity contribution in [2.75, 3.05) is 31.3 Å². The highest BCUT2D eigenvalue weighted by atomic mass is 79.9. The van der Waals surface area contributed by atoms with Gasteiger partial charge in [0.25, 0.3) is 0 Å². The quantitative estimate of drug-likeness (QED) is 0.194. The molecular formula is C26H23BrCl2N4O4S2. The number of anilines is 2. The summed E-state index contributed by atoms with van der Waals surface area (Å²) in [5.41, 5.74) is 2.44. The van der Waals surface area contributed by atoms with Gasteiger partial charge in [-0.2, -0.15) is 4.31 Å². The minimum atomic E-state index is -4.06. The molecule has 4 aromatic rings. The van der Waals surface area contributed by atoms with Crippen LogP contribution in [-0.4, -0.2) is 44.3 Å². The summed E-state index contributed by atoms with van der Waals surface area (Å²) in [6, 6.07) is 16.3. The number of halogens is 3. The molecule has 1 aromatic heterocycles. The first-order valence-electron chi connectivity index (χ1n) is 11.4. The number of carbonyl (C=O) groups is 1. The molecule has 0 atom stereocenters. The lowest BCUT2D eigenvalue weighted by Crippen LogP contribution is -2.37. The average Bonchev–Trinajstić information content (AvgIpc) is 3.40. The molecular weight excluding hydrogens is 647 g/mol. The number of rotatable bonds is 10. The average molecular weight is 670 g/mol. The molecule has 0 aliphatic heterocycles. The van der Waals surface area contributed by atoms with Crippen molar-refractivity contribution >= 4 is 77.2 Å². The van der Waals surface area contributed by atoms with Gasteiger partial charge >= 0.3 is 0 Å². The van der Waals surface area contributed by atoms with E-state index in [4.69, 9.17) is 27.9 Å². The summed E-state index contributed by atoms with van der Waals surface area (Å²) in [7, 11) is -0.791. The predicted molar refractivity (Wildman–Crippen MR) is 160 cm³/mol. The van der Waals surface area contributed by atoms with Crippen molar-refractivity contribution in [2.45, 2.75) is 11.4 Å². The van der Waals surface area contributed by atoms with Gasteiger partial charge in [0, 0.05) is 29.0 Å². The maximum Gasteiger partial charge on any atom is 0.243 e. The second-order valence-corrected chi connectivity index (χ2v) is 12.8. The van der Waals surface area contributed by atoms with Crippen LogP contribution in [0, 0.1) is 0 Å². The molecule has 4 rings (SSSR count). The minimum absolute atomic E-state index is 0.0435. The Kier molecular flexibility index (Phi) is 9.52. The summed E-state index contributed by atoms with van der Waals surface area (Å²) in [6.07, 6.45) is 0. The summed E-state index contributed by atoms with van der Waals surface area (Å²) in [5.74, 6) is -0.136. The number of aromatic nitrogens is 1. The number of nitrogens with zero attached hydrogens (tertiary/aromatic N) is 2. The summed E-state index contributed by atoms with van der Waals surface area (Å²) >= 11 is 17.0. The van der Waals surface area contributed by atoms with Crippen molar-refractivity contribution in [3.05, 3.63) is 86.1 Å². The van der Waals surface area contributed by atoms with Crippen LogP contribution in [-0.2, 0) is 21.4 Å². The lowest BCUT2D eigenvalue weighted by atomic mass is 10.1. The number of benzene rings is 3. The van der Waals surface area contributed by atoms with Crippen LogP contribution in [0.15, 0.2) is 75.4 Å². The van der Waals surface area contributed by atoms with Crippen LogP contribution in [0.5, 0.6) is 5.75 Å². The number of ether oxygens (including phenoxy) is 1. The van der Waals surface area contributed by atoms with Gasteiger partial charge in [-0.25, -0.2) is 13.4 Å². The molecule has 8 nitrogen and oxygen atoms in total.